The molecule has 0 bridgehead atoms. The molecule has 0 rings (SSSR count). The summed E-state index contributed by atoms with van der Waals surface area (Å²) < 4.78 is 0. The van der Waals surface area contributed by atoms with Gasteiger partial charge in [0.05, 0.1) is 0 Å². The van der Waals surface area contributed by atoms with Crippen LogP contribution in [-0.4, -0.2) is 24.9 Å². The van der Waals surface area contributed by atoms with E-state index in [2.05, 4.69) is 10.6 Å². The van der Waals surface area contributed by atoms with E-state index in [4.69, 9.17) is 0 Å². The molecule has 2 amide bonds. The normalized spacial score (nSPS) is 10.4. The molecule has 0 saturated heterocycles. The fourth-order valence-electron chi connectivity index (χ4n) is 1.24. The monoisotopic (exact) mass is 226 g/mol. The maximum absolute atomic E-state index is 11.1. The summed E-state index contributed by atoms with van der Waals surface area (Å²) in [4.78, 5) is 22.1. The number of carbonyl (C=O) groups is 2. The summed E-state index contributed by atoms with van der Waals surface area (Å²) in [5.74, 6) is 0.159. The van der Waals surface area contributed by atoms with Crippen molar-refractivity contribution in [2.24, 2.45) is 0 Å². The maximum Gasteiger partial charge on any atom is 0.220 e. The third-order valence-electron chi connectivity index (χ3n) is 1.99. The second-order valence-electron chi connectivity index (χ2n) is 3.46. The zero-order chi connectivity index (χ0) is 12.2. The summed E-state index contributed by atoms with van der Waals surface area (Å²) in [5.41, 5.74) is 0. The molecule has 0 fully saturated rings. The van der Waals surface area contributed by atoms with Crippen LogP contribution in [0.15, 0.2) is 12.2 Å². The molecule has 0 spiro atoms. The van der Waals surface area contributed by atoms with Crippen molar-refractivity contribution < 1.29 is 9.59 Å². The first kappa shape index (κ1) is 14.7. The average molecular weight is 226 g/mol. The molecular weight excluding hydrogens is 204 g/mol. The van der Waals surface area contributed by atoms with Gasteiger partial charge in [0.1, 0.15) is 0 Å². The van der Waals surface area contributed by atoms with Crippen LogP contribution in [0.5, 0.6) is 0 Å². The number of carbonyl (C=O) groups excluding carboxylic acids is 2. The Morgan fingerprint density at radius 1 is 0.875 bits per heavy atom. The fourth-order valence-corrected chi connectivity index (χ4v) is 1.24. The molecule has 0 aromatic rings. The molecule has 0 aromatic carbocycles. The maximum atomic E-state index is 11.1. The molecule has 0 aliphatic rings. The average Bonchev–Trinajstić information content (AvgIpc) is 2.24. The van der Waals surface area contributed by atoms with Crippen LogP contribution in [0.1, 0.15) is 39.5 Å². The van der Waals surface area contributed by atoms with E-state index < -0.39 is 0 Å². The highest BCUT2D eigenvalue weighted by Crippen LogP contribution is 1.96. The molecular formula is C12H22N2O2. The molecule has 4 nitrogen and oxygen atoms in total. The predicted octanol–water partition coefficient (Wildman–Crippen LogP) is 1.38. The van der Waals surface area contributed by atoms with Crippen molar-refractivity contribution in [3.63, 3.8) is 0 Å². The van der Waals surface area contributed by atoms with Gasteiger partial charge in [-0.3, -0.25) is 9.59 Å². The third kappa shape index (κ3) is 9.24. The highest BCUT2D eigenvalue weighted by Gasteiger charge is 1.97. The molecule has 0 atom stereocenters. The first-order valence-electron chi connectivity index (χ1n) is 5.89. The zero-order valence-corrected chi connectivity index (χ0v) is 10.2. The van der Waals surface area contributed by atoms with Crippen molar-refractivity contribution in [2.45, 2.75) is 39.5 Å². The minimum Gasteiger partial charge on any atom is -0.356 e. The van der Waals surface area contributed by atoms with E-state index in [-0.39, 0.29) is 11.8 Å². The van der Waals surface area contributed by atoms with E-state index in [9.17, 15) is 9.59 Å². The largest absolute Gasteiger partial charge is 0.356 e. The lowest BCUT2D eigenvalue weighted by atomic mass is 10.2. The SMILES string of the molecule is CCNC(=O)CC/C=C\CCC(=O)NCC. The van der Waals surface area contributed by atoms with Gasteiger partial charge in [0.25, 0.3) is 0 Å². The van der Waals surface area contributed by atoms with Crippen molar-refractivity contribution in [3.8, 4) is 0 Å². The lowest BCUT2D eigenvalue weighted by Crippen LogP contribution is -2.22. The minimum atomic E-state index is 0.0795. The number of allylic oxidation sites excluding steroid dienone is 2. The topological polar surface area (TPSA) is 58.2 Å². The van der Waals surface area contributed by atoms with Gasteiger partial charge in [-0.25, -0.2) is 0 Å². The van der Waals surface area contributed by atoms with Gasteiger partial charge in [-0.05, 0) is 26.7 Å². The molecule has 0 radical (unpaired) electrons. The summed E-state index contributed by atoms with van der Waals surface area (Å²) >= 11 is 0. The quantitative estimate of drug-likeness (QED) is 0.614. The number of hydrogen-bond acceptors (Lipinski definition) is 2. The third-order valence-corrected chi connectivity index (χ3v) is 1.99. The smallest absolute Gasteiger partial charge is 0.220 e. The van der Waals surface area contributed by atoms with Gasteiger partial charge in [0.15, 0.2) is 0 Å². The Bertz CT molecular complexity index is 213. The van der Waals surface area contributed by atoms with Crippen LogP contribution in [0.2, 0.25) is 0 Å². The predicted molar refractivity (Wildman–Crippen MR) is 65.0 cm³/mol. The minimum absolute atomic E-state index is 0.0795. The van der Waals surface area contributed by atoms with Gasteiger partial charge in [-0.2, -0.15) is 0 Å². The molecule has 0 saturated carbocycles. The van der Waals surface area contributed by atoms with Crippen molar-refractivity contribution in [1.82, 2.24) is 10.6 Å². The van der Waals surface area contributed by atoms with Crippen LogP contribution in [0.25, 0.3) is 0 Å². The molecule has 92 valence electrons. The standard InChI is InChI=1S/C12H22N2O2/c1-3-13-11(15)9-7-5-6-8-10-12(16)14-4-2/h5-6H,3-4,7-10H2,1-2H3,(H,13,15)(H,14,16)/b6-5-. The molecule has 2 N–H and O–H groups in total. The summed E-state index contributed by atoms with van der Waals surface area (Å²) in [5, 5.41) is 5.47. The van der Waals surface area contributed by atoms with E-state index in [0.717, 1.165) is 12.8 Å². The van der Waals surface area contributed by atoms with Crippen LogP contribution in [0.4, 0.5) is 0 Å². The Morgan fingerprint density at radius 2 is 1.25 bits per heavy atom. The number of nitrogens with one attached hydrogen (secondary N) is 2. The highest BCUT2D eigenvalue weighted by atomic mass is 16.2. The lowest BCUT2D eigenvalue weighted by molar-refractivity contribution is -0.121. The van der Waals surface area contributed by atoms with Crippen molar-refractivity contribution in [2.75, 3.05) is 13.1 Å². The summed E-state index contributed by atoms with van der Waals surface area (Å²) in [6.07, 6.45) is 6.42. The van der Waals surface area contributed by atoms with Gasteiger partial charge >= 0.3 is 0 Å². The van der Waals surface area contributed by atoms with E-state index in [1.807, 2.05) is 26.0 Å². The zero-order valence-electron chi connectivity index (χ0n) is 10.2. The van der Waals surface area contributed by atoms with Gasteiger partial charge in [-0.1, -0.05) is 12.2 Å². The van der Waals surface area contributed by atoms with Crippen LogP contribution in [0, 0.1) is 0 Å². The molecule has 0 aliphatic carbocycles. The Morgan fingerprint density at radius 3 is 1.56 bits per heavy atom. The lowest BCUT2D eigenvalue weighted by Gasteiger charge is -1.99. The van der Waals surface area contributed by atoms with E-state index in [0.29, 0.717) is 25.9 Å². The van der Waals surface area contributed by atoms with E-state index in [1.165, 1.54) is 0 Å². The second-order valence-corrected chi connectivity index (χ2v) is 3.46. The first-order valence-corrected chi connectivity index (χ1v) is 5.89. The van der Waals surface area contributed by atoms with Gasteiger partial charge < -0.3 is 10.6 Å². The highest BCUT2D eigenvalue weighted by molar-refractivity contribution is 5.76. The van der Waals surface area contributed by atoms with Crippen LogP contribution in [-0.2, 0) is 9.59 Å². The first-order chi connectivity index (χ1) is 7.70. The van der Waals surface area contributed by atoms with E-state index >= 15 is 0 Å². The number of hydrogen-bond donors (Lipinski definition) is 2. The summed E-state index contributed by atoms with van der Waals surface area (Å²) in [6, 6.07) is 0. The van der Waals surface area contributed by atoms with Gasteiger partial charge in [0.2, 0.25) is 11.8 Å². The molecule has 0 unspecified atom stereocenters. The molecule has 16 heavy (non-hydrogen) atoms. The van der Waals surface area contributed by atoms with Gasteiger partial charge in [-0.15, -0.1) is 0 Å². The van der Waals surface area contributed by atoms with Crippen molar-refractivity contribution in [1.29, 1.82) is 0 Å². The molecule has 0 heterocycles. The fraction of sp³-hybridized carbons (Fsp3) is 0.667. The molecule has 4 heteroatoms. The molecule has 0 aromatic heterocycles. The second kappa shape index (κ2) is 10.2. The summed E-state index contributed by atoms with van der Waals surface area (Å²) in [7, 11) is 0. The van der Waals surface area contributed by atoms with Crippen molar-refractivity contribution in [3.05, 3.63) is 12.2 Å². The van der Waals surface area contributed by atoms with Gasteiger partial charge in [0, 0.05) is 25.9 Å². The Kier molecular flexibility index (Phi) is 9.36. The summed E-state index contributed by atoms with van der Waals surface area (Å²) in [6.45, 7) is 5.17. The molecule has 0 aliphatic heterocycles. The number of rotatable bonds is 8. The van der Waals surface area contributed by atoms with Crippen LogP contribution >= 0.6 is 0 Å². The number of amides is 2. The Hall–Kier alpha value is -1.32. The van der Waals surface area contributed by atoms with Crippen LogP contribution < -0.4 is 10.6 Å². The Balaban J connectivity index is 3.41. The van der Waals surface area contributed by atoms with E-state index in [1.54, 1.807) is 0 Å². The Labute approximate surface area is 97.5 Å². The van der Waals surface area contributed by atoms with Crippen molar-refractivity contribution >= 4 is 11.8 Å². The van der Waals surface area contributed by atoms with Crippen LogP contribution in [0.3, 0.4) is 0 Å².